The van der Waals surface area contributed by atoms with Crippen molar-refractivity contribution in [3.8, 4) is 0 Å². The summed E-state index contributed by atoms with van der Waals surface area (Å²) in [5.74, 6) is 1.70. The van der Waals surface area contributed by atoms with E-state index in [1.165, 1.54) is 51.4 Å². The van der Waals surface area contributed by atoms with Crippen LogP contribution >= 0.6 is 0 Å². The summed E-state index contributed by atoms with van der Waals surface area (Å²) in [5, 5.41) is 0. The number of fused-ring (bicyclic) bond motifs is 2. The zero-order valence-electron chi connectivity index (χ0n) is 9.50. The van der Waals surface area contributed by atoms with Crippen LogP contribution in [0.2, 0.25) is 0 Å². The lowest BCUT2D eigenvalue weighted by atomic mass is 9.56. The minimum atomic E-state index is 0.328. The zero-order valence-corrected chi connectivity index (χ0v) is 9.50. The van der Waals surface area contributed by atoms with E-state index in [1.54, 1.807) is 0 Å². The minimum absolute atomic E-state index is 0.328. The number of ether oxygens (including phenoxy) is 1. The average Bonchev–Trinajstić information content (AvgIpc) is 2.88. The standard InChI is InChI=1S/C13H21NO/c14-11-9-4-3-5-10(11)13-7-2-1-6-12(13,8-9)15-13/h9-11H,1-8,14H2/p+1/t9-,10-,11-,12-,13+/m0/s1. The molecule has 0 aromatic heterocycles. The highest BCUT2D eigenvalue weighted by atomic mass is 16.6. The largest absolute Gasteiger partial charge is 0.362 e. The van der Waals surface area contributed by atoms with E-state index in [0.29, 0.717) is 17.2 Å². The van der Waals surface area contributed by atoms with Crippen molar-refractivity contribution >= 4 is 0 Å². The molecular formula is C13H22NO+. The van der Waals surface area contributed by atoms with Crippen LogP contribution in [0.5, 0.6) is 0 Å². The van der Waals surface area contributed by atoms with Crippen molar-refractivity contribution in [1.82, 2.24) is 0 Å². The fraction of sp³-hybridized carbons (Fsp3) is 1.00. The Labute approximate surface area is 91.5 Å². The number of rotatable bonds is 0. The molecule has 0 aromatic carbocycles. The van der Waals surface area contributed by atoms with Crippen molar-refractivity contribution in [2.24, 2.45) is 11.8 Å². The van der Waals surface area contributed by atoms with Crippen molar-refractivity contribution in [1.29, 1.82) is 0 Å². The lowest BCUT2D eigenvalue weighted by Crippen LogP contribution is -2.73. The van der Waals surface area contributed by atoms with E-state index in [0.717, 1.165) is 11.8 Å². The molecule has 3 N–H and O–H groups in total. The van der Waals surface area contributed by atoms with E-state index in [1.807, 2.05) is 0 Å². The lowest BCUT2D eigenvalue weighted by molar-refractivity contribution is -0.458. The van der Waals surface area contributed by atoms with Crippen molar-refractivity contribution in [2.75, 3.05) is 0 Å². The molecule has 4 fully saturated rings. The van der Waals surface area contributed by atoms with E-state index < -0.39 is 0 Å². The first-order valence-electron chi connectivity index (χ1n) is 6.81. The molecule has 0 spiro atoms. The Hall–Kier alpha value is -0.0800. The highest BCUT2D eigenvalue weighted by Crippen LogP contribution is 2.69. The van der Waals surface area contributed by atoms with Gasteiger partial charge < -0.3 is 10.5 Å². The number of hydrogen-bond donors (Lipinski definition) is 1. The molecule has 0 amide bonds. The molecule has 0 unspecified atom stereocenters. The van der Waals surface area contributed by atoms with Gasteiger partial charge in [0, 0.05) is 11.8 Å². The van der Waals surface area contributed by atoms with Gasteiger partial charge in [-0.25, -0.2) is 0 Å². The summed E-state index contributed by atoms with van der Waals surface area (Å²) in [7, 11) is 0. The topological polar surface area (TPSA) is 40.2 Å². The Kier molecular flexibility index (Phi) is 1.56. The molecule has 4 rings (SSSR count). The lowest BCUT2D eigenvalue weighted by Gasteiger charge is -2.45. The third-order valence-corrected chi connectivity index (χ3v) is 5.89. The second-order valence-corrected chi connectivity index (χ2v) is 6.36. The highest BCUT2D eigenvalue weighted by Gasteiger charge is 2.78. The Morgan fingerprint density at radius 2 is 1.93 bits per heavy atom. The van der Waals surface area contributed by atoms with Gasteiger partial charge in [0.2, 0.25) is 0 Å². The van der Waals surface area contributed by atoms with Crippen LogP contribution in [0.25, 0.3) is 0 Å². The summed E-state index contributed by atoms with van der Waals surface area (Å²) >= 11 is 0. The molecule has 2 nitrogen and oxygen atoms in total. The molecule has 0 aromatic rings. The van der Waals surface area contributed by atoms with E-state index in [-0.39, 0.29) is 0 Å². The fourth-order valence-corrected chi connectivity index (χ4v) is 5.19. The van der Waals surface area contributed by atoms with Crippen molar-refractivity contribution in [3.05, 3.63) is 0 Å². The molecule has 2 bridgehead atoms. The fourth-order valence-electron chi connectivity index (χ4n) is 5.19. The SMILES string of the molecule is [NH3+][C@H]1[C@H]2CCC[C@@H]1[C@]13CCCC[C@@]1(C2)O3. The van der Waals surface area contributed by atoms with E-state index >= 15 is 0 Å². The van der Waals surface area contributed by atoms with Crippen molar-refractivity contribution in [3.63, 3.8) is 0 Å². The molecule has 3 saturated carbocycles. The first-order valence-corrected chi connectivity index (χ1v) is 6.81. The molecule has 84 valence electrons. The van der Waals surface area contributed by atoms with E-state index in [2.05, 4.69) is 5.73 Å². The maximum absolute atomic E-state index is 6.36. The minimum Gasteiger partial charge on any atom is -0.362 e. The van der Waals surface area contributed by atoms with Crippen molar-refractivity contribution in [2.45, 2.75) is 68.6 Å². The summed E-state index contributed by atoms with van der Waals surface area (Å²) in [5.41, 5.74) is 5.15. The smallest absolute Gasteiger partial charge is 0.106 e. The molecule has 2 heteroatoms. The van der Waals surface area contributed by atoms with E-state index in [9.17, 15) is 0 Å². The molecule has 0 radical (unpaired) electrons. The van der Waals surface area contributed by atoms with Crippen LogP contribution in [0.4, 0.5) is 0 Å². The predicted molar refractivity (Wildman–Crippen MR) is 57.1 cm³/mol. The normalized spacial score (nSPS) is 61.8. The second-order valence-electron chi connectivity index (χ2n) is 6.36. The first kappa shape index (κ1) is 9.00. The molecule has 1 saturated heterocycles. The Morgan fingerprint density at radius 1 is 1.07 bits per heavy atom. The van der Waals surface area contributed by atoms with Gasteiger partial charge in [0.1, 0.15) is 5.60 Å². The average molecular weight is 208 g/mol. The second kappa shape index (κ2) is 2.60. The van der Waals surface area contributed by atoms with Crippen molar-refractivity contribution < 1.29 is 10.5 Å². The summed E-state index contributed by atoms with van der Waals surface area (Å²) in [6, 6.07) is 0.701. The summed E-state index contributed by atoms with van der Waals surface area (Å²) in [6.45, 7) is 0. The van der Waals surface area contributed by atoms with Crippen LogP contribution in [-0.2, 0) is 4.74 Å². The van der Waals surface area contributed by atoms with Crippen LogP contribution in [0, 0.1) is 11.8 Å². The van der Waals surface area contributed by atoms with Gasteiger partial charge in [0.05, 0.1) is 11.6 Å². The maximum atomic E-state index is 6.36. The monoisotopic (exact) mass is 208 g/mol. The Balaban J connectivity index is 1.74. The third kappa shape index (κ3) is 0.898. The number of quaternary nitrogens is 1. The van der Waals surface area contributed by atoms with Gasteiger partial charge in [0.25, 0.3) is 0 Å². The van der Waals surface area contributed by atoms with Crippen LogP contribution in [0.1, 0.15) is 51.4 Å². The summed E-state index contributed by atoms with van der Waals surface area (Å²) in [6.07, 6.45) is 11.1. The first-order chi connectivity index (χ1) is 7.28. The Morgan fingerprint density at radius 3 is 2.87 bits per heavy atom. The predicted octanol–water partition coefficient (Wildman–Crippen LogP) is 1.50. The zero-order chi connectivity index (χ0) is 10.1. The Bertz CT molecular complexity index is 305. The van der Waals surface area contributed by atoms with E-state index in [4.69, 9.17) is 4.74 Å². The summed E-state index contributed by atoms with van der Waals surface area (Å²) in [4.78, 5) is 0. The number of hydrogen-bond acceptors (Lipinski definition) is 1. The molecule has 3 aliphatic carbocycles. The van der Waals surface area contributed by atoms with Crippen LogP contribution in [0.3, 0.4) is 0 Å². The van der Waals surface area contributed by atoms with Gasteiger partial charge >= 0.3 is 0 Å². The molecule has 1 aliphatic heterocycles. The van der Waals surface area contributed by atoms with Gasteiger partial charge in [-0.2, -0.15) is 0 Å². The molecule has 15 heavy (non-hydrogen) atoms. The molecule has 5 atom stereocenters. The number of epoxide rings is 1. The summed E-state index contributed by atoms with van der Waals surface area (Å²) < 4.78 is 6.36. The van der Waals surface area contributed by atoms with Crippen LogP contribution in [0.15, 0.2) is 0 Å². The van der Waals surface area contributed by atoms with Crippen LogP contribution in [-0.4, -0.2) is 17.2 Å². The third-order valence-electron chi connectivity index (χ3n) is 5.89. The van der Waals surface area contributed by atoms with Gasteiger partial charge in [-0.1, -0.05) is 19.3 Å². The van der Waals surface area contributed by atoms with Gasteiger partial charge in [-0.3, -0.25) is 0 Å². The highest BCUT2D eigenvalue weighted by molar-refractivity contribution is 5.25. The maximum Gasteiger partial charge on any atom is 0.106 e. The van der Waals surface area contributed by atoms with Crippen LogP contribution < -0.4 is 5.73 Å². The molecule has 1 heterocycles. The molecule has 4 aliphatic rings. The van der Waals surface area contributed by atoms with Gasteiger partial charge in [-0.15, -0.1) is 0 Å². The van der Waals surface area contributed by atoms with Gasteiger partial charge in [0.15, 0.2) is 0 Å². The quantitative estimate of drug-likeness (QED) is 0.602. The van der Waals surface area contributed by atoms with Gasteiger partial charge in [-0.05, 0) is 32.1 Å². The molecular weight excluding hydrogens is 186 g/mol.